The number of hydrogen-bond donors (Lipinski definition) is 1. The average Bonchev–Trinajstić information content (AvgIpc) is 2.79. The molecule has 1 N–H and O–H groups in total. The summed E-state index contributed by atoms with van der Waals surface area (Å²) in [5.41, 5.74) is 1.32. The minimum atomic E-state index is -1.43. The Balaban J connectivity index is 0.00000289. The zero-order chi connectivity index (χ0) is 21.8. The van der Waals surface area contributed by atoms with Gasteiger partial charge in [-0.05, 0) is 67.9 Å². The molecule has 0 amide bonds. The standard InChI is InChI=1S/C26H28FNO3.ClH/c1-2-31-26(30,24-9-5-7-19-6-3-4-8-23(19)24)18-28-16-14-21(15-17-28)25(29)20-10-12-22(27)13-11-20;/h3-13,21,30H,2,14-18H2,1H3;1H. The van der Waals surface area contributed by atoms with Gasteiger partial charge in [0, 0.05) is 23.7 Å². The molecule has 0 bridgehead atoms. The number of hydrogen-bond acceptors (Lipinski definition) is 4. The van der Waals surface area contributed by atoms with E-state index in [2.05, 4.69) is 4.90 Å². The van der Waals surface area contributed by atoms with Crippen molar-refractivity contribution in [2.24, 2.45) is 5.92 Å². The molecule has 170 valence electrons. The third-order valence-electron chi connectivity index (χ3n) is 6.12. The van der Waals surface area contributed by atoms with Crippen LogP contribution >= 0.6 is 12.4 Å². The lowest BCUT2D eigenvalue weighted by molar-refractivity contribution is -0.220. The molecule has 32 heavy (non-hydrogen) atoms. The quantitative estimate of drug-likeness (QED) is 0.392. The molecule has 1 heterocycles. The van der Waals surface area contributed by atoms with Gasteiger partial charge >= 0.3 is 0 Å². The molecule has 1 fully saturated rings. The van der Waals surface area contributed by atoms with Crippen molar-refractivity contribution in [1.82, 2.24) is 4.90 Å². The number of nitrogens with zero attached hydrogens (tertiary/aromatic N) is 1. The van der Waals surface area contributed by atoms with Gasteiger partial charge < -0.3 is 9.84 Å². The smallest absolute Gasteiger partial charge is 0.206 e. The predicted molar refractivity (Wildman–Crippen MR) is 127 cm³/mol. The van der Waals surface area contributed by atoms with Crippen LogP contribution in [0.4, 0.5) is 4.39 Å². The highest BCUT2D eigenvalue weighted by atomic mass is 35.5. The molecule has 3 aromatic rings. The molecule has 0 spiro atoms. The number of fused-ring (bicyclic) bond motifs is 1. The molecule has 0 aromatic heterocycles. The van der Waals surface area contributed by atoms with Gasteiger partial charge in [-0.1, -0.05) is 42.5 Å². The minimum Gasteiger partial charge on any atom is -0.361 e. The summed E-state index contributed by atoms with van der Waals surface area (Å²) in [5.74, 6) is -1.79. The Morgan fingerprint density at radius 1 is 1.06 bits per heavy atom. The van der Waals surface area contributed by atoms with Gasteiger partial charge in [-0.25, -0.2) is 4.39 Å². The van der Waals surface area contributed by atoms with Crippen LogP contribution in [-0.2, 0) is 10.5 Å². The van der Waals surface area contributed by atoms with Gasteiger partial charge in [0.25, 0.3) is 0 Å². The number of piperidine rings is 1. The van der Waals surface area contributed by atoms with E-state index in [9.17, 15) is 14.3 Å². The third-order valence-corrected chi connectivity index (χ3v) is 6.12. The van der Waals surface area contributed by atoms with Crippen LogP contribution in [0.5, 0.6) is 0 Å². The second-order valence-corrected chi connectivity index (χ2v) is 8.17. The van der Waals surface area contributed by atoms with Crippen molar-refractivity contribution in [3.05, 3.63) is 83.7 Å². The number of aliphatic hydroxyl groups is 1. The fraction of sp³-hybridized carbons (Fsp3) is 0.346. The number of β-amino-alcohol motifs (C(OH)–C–C–N with tert-alkyl or cyclic N) is 1. The number of benzene rings is 3. The normalized spacial score (nSPS) is 17.0. The Kier molecular flexibility index (Phi) is 8.01. The highest BCUT2D eigenvalue weighted by molar-refractivity contribution is 5.97. The second-order valence-electron chi connectivity index (χ2n) is 8.17. The summed E-state index contributed by atoms with van der Waals surface area (Å²) in [6, 6.07) is 19.6. The zero-order valence-electron chi connectivity index (χ0n) is 18.2. The number of ketones is 1. The van der Waals surface area contributed by atoms with Gasteiger partial charge in [0.05, 0.1) is 6.54 Å². The first-order chi connectivity index (χ1) is 15.0. The van der Waals surface area contributed by atoms with Crippen LogP contribution in [0, 0.1) is 11.7 Å². The maximum atomic E-state index is 13.1. The van der Waals surface area contributed by atoms with E-state index in [4.69, 9.17) is 4.74 Å². The highest BCUT2D eigenvalue weighted by Crippen LogP contribution is 2.32. The molecular formula is C26H29ClFNO3. The van der Waals surface area contributed by atoms with E-state index in [1.165, 1.54) is 12.1 Å². The summed E-state index contributed by atoms with van der Waals surface area (Å²) < 4.78 is 19.0. The first kappa shape index (κ1) is 24.3. The van der Waals surface area contributed by atoms with Crippen LogP contribution in [0.2, 0.25) is 0 Å². The predicted octanol–water partition coefficient (Wildman–Crippen LogP) is 5.18. The SMILES string of the molecule is CCOC(O)(CN1CCC(C(=O)c2ccc(F)cc2)CC1)c1cccc2ccccc12.Cl. The van der Waals surface area contributed by atoms with E-state index < -0.39 is 5.79 Å². The van der Waals surface area contributed by atoms with Crippen molar-refractivity contribution in [3.63, 3.8) is 0 Å². The average molecular weight is 458 g/mol. The molecule has 3 aromatic carbocycles. The molecule has 6 heteroatoms. The monoisotopic (exact) mass is 457 g/mol. The molecule has 4 rings (SSSR count). The Bertz CT molecular complexity index is 1050. The molecule has 1 atom stereocenters. The van der Waals surface area contributed by atoms with Crippen molar-refractivity contribution < 1.29 is 19.0 Å². The van der Waals surface area contributed by atoms with Gasteiger partial charge in [-0.3, -0.25) is 9.69 Å². The number of carbonyl (C=O) groups is 1. The molecule has 0 radical (unpaired) electrons. The van der Waals surface area contributed by atoms with Crippen LogP contribution in [-0.4, -0.2) is 42.0 Å². The topological polar surface area (TPSA) is 49.8 Å². The number of carbonyl (C=O) groups excluding carboxylic acids is 1. The number of halogens is 2. The molecule has 1 unspecified atom stereocenters. The molecule has 4 nitrogen and oxygen atoms in total. The lowest BCUT2D eigenvalue weighted by atomic mass is 9.88. The highest BCUT2D eigenvalue weighted by Gasteiger charge is 2.36. The Morgan fingerprint density at radius 2 is 1.72 bits per heavy atom. The Hall–Kier alpha value is -2.31. The van der Waals surface area contributed by atoms with Gasteiger partial charge in [-0.15, -0.1) is 12.4 Å². The largest absolute Gasteiger partial charge is 0.361 e. The first-order valence-corrected chi connectivity index (χ1v) is 10.9. The number of likely N-dealkylation sites (tertiary alicyclic amines) is 1. The first-order valence-electron chi connectivity index (χ1n) is 10.9. The van der Waals surface area contributed by atoms with Gasteiger partial charge in [0.1, 0.15) is 5.82 Å². The maximum absolute atomic E-state index is 13.1. The van der Waals surface area contributed by atoms with Crippen molar-refractivity contribution in [2.45, 2.75) is 25.6 Å². The second kappa shape index (κ2) is 10.5. The summed E-state index contributed by atoms with van der Waals surface area (Å²) in [5, 5.41) is 13.6. The Labute approximate surface area is 194 Å². The van der Waals surface area contributed by atoms with E-state index >= 15 is 0 Å². The minimum absolute atomic E-state index is 0. The van der Waals surface area contributed by atoms with Crippen LogP contribution < -0.4 is 0 Å². The van der Waals surface area contributed by atoms with Crippen molar-refractivity contribution in [2.75, 3.05) is 26.2 Å². The number of ether oxygens (including phenoxy) is 1. The third kappa shape index (κ3) is 5.18. The van der Waals surface area contributed by atoms with Crippen LogP contribution in [0.1, 0.15) is 35.7 Å². The number of rotatable bonds is 7. The molecule has 0 saturated carbocycles. The van der Waals surface area contributed by atoms with Gasteiger partial charge in [0.2, 0.25) is 5.79 Å². The van der Waals surface area contributed by atoms with Gasteiger partial charge in [0.15, 0.2) is 5.78 Å². The fourth-order valence-electron chi connectivity index (χ4n) is 4.52. The molecular weight excluding hydrogens is 429 g/mol. The number of Topliss-reactive ketones (excluding diaryl/α,β-unsaturated/α-hetero) is 1. The van der Waals surface area contributed by atoms with E-state index in [-0.39, 0.29) is 29.9 Å². The van der Waals surface area contributed by atoms with Crippen molar-refractivity contribution in [1.29, 1.82) is 0 Å². The summed E-state index contributed by atoms with van der Waals surface area (Å²) >= 11 is 0. The summed E-state index contributed by atoms with van der Waals surface area (Å²) in [4.78, 5) is 14.9. The molecule has 0 aliphatic carbocycles. The van der Waals surface area contributed by atoms with Gasteiger partial charge in [-0.2, -0.15) is 0 Å². The van der Waals surface area contributed by atoms with E-state index in [0.717, 1.165) is 16.3 Å². The van der Waals surface area contributed by atoms with E-state index in [0.29, 0.717) is 44.6 Å². The summed E-state index contributed by atoms with van der Waals surface area (Å²) in [6.07, 6.45) is 1.40. The van der Waals surface area contributed by atoms with Crippen LogP contribution in [0.15, 0.2) is 66.7 Å². The lowest BCUT2D eigenvalue weighted by Gasteiger charge is -2.38. The van der Waals surface area contributed by atoms with Crippen LogP contribution in [0.3, 0.4) is 0 Å². The Morgan fingerprint density at radius 3 is 2.41 bits per heavy atom. The lowest BCUT2D eigenvalue weighted by Crippen LogP contribution is -2.46. The summed E-state index contributed by atoms with van der Waals surface area (Å²) in [7, 11) is 0. The summed E-state index contributed by atoms with van der Waals surface area (Å²) in [6.45, 7) is 3.99. The molecule has 1 saturated heterocycles. The van der Waals surface area contributed by atoms with Crippen LogP contribution in [0.25, 0.3) is 10.8 Å². The van der Waals surface area contributed by atoms with E-state index in [1.807, 2.05) is 49.4 Å². The molecule has 1 aliphatic rings. The van der Waals surface area contributed by atoms with E-state index in [1.54, 1.807) is 12.1 Å². The zero-order valence-corrected chi connectivity index (χ0v) is 19.0. The maximum Gasteiger partial charge on any atom is 0.206 e. The van der Waals surface area contributed by atoms with Crippen molar-refractivity contribution >= 4 is 29.0 Å². The molecule has 1 aliphatic heterocycles. The van der Waals surface area contributed by atoms with Crippen molar-refractivity contribution in [3.8, 4) is 0 Å². The fourth-order valence-corrected chi connectivity index (χ4v) is 4.52.